The van der Waals surface area contributed by atoms with Crippen LogP contribution < -0.4 is 5.32 Å². The van der Waals surface area contributed by atoms with E-state index >= 15 is 0 Å². The molecular formula is C30H53NO18. The molecule has 0 aliphatic carbocycles. The van der Waals surface area contributed by atoms with E-state index in [1.165, 1.54) is 20.8 Å². The zero-order valence-corrected chi connectivity index (χ0v) is 28.1. The molecule has 4 aliphatic heterocycles. The van der Waals surface area contributed by atoms with Crippen LogP contribution in [0, 0.1) is 5.92 Å². The average Bonchev–Trinajstić information content (AvgIpc) is 3.07. The van der Waals surface area contributed by atoms with Crippen LogP contribution in [-0.4, -0.2) is 188 Å². The summed E-state index contributed by atoms with van der Waals surface area (Å²) in [5.74, 6) is -1.41. The van der Waals surface area contributed by atoms with Crippen molar-refractivity contribution in [3.8, 4) is 0 Å². The third kappa shape index (κ3) is 8.88. The molecular weight excluding hydrogens is 662 g/mol. The Labute approximate surface area is 283 Å². The lowest BCUT2D eigenvalue weighted by Crippen LogP contribution is -2.69. The molecule has 49 heavy (non-hydrogen) atoms. The Hall–Kier alpha value is -1.21. The number of carbonyl (C=O) groups excluding carboxylic acids is 1. The fourth-order valence-electron chi connectivity index (χ4n) is 6.35. The van der Waals surface area contributed by atoms with Gasteiger partial charge in [-0.25, -0.2) is 0 Å². The van der Waals surface area contributed by atoms with Crippen molar-refractivity contribution in [2.45, 2.75) is 158 Å². The highest BCUT2D eigenvalue weighted by atomic mass is 16.8. The van der Waals surface area contributed by atoms with E-state index in [1.54, 1.807) is 6.92 Å². The molecule has 286 valence electrons. The molecule has 1 amide bonds. The number of hydrogen-bond acceptors (Lipinski definition) is 18. The number of nitrogens with one attached hydrogen (secondary N) is 1. The van der Waals surface area contributed by atoms with Crippen molar-refractivity contribution >= 4 is 5.91 Å². The van der Waals surface area contributed by atoms with Crippen LogP contribution in [-0.2, 0) is 42.7 Å². The highest BCUT2D eigenvalue weighted by Gasteiger charge is 2.55. The molecule has 0 aromatic carbocycles. The fourth-order valence-corrected chi connectivity index (χ4v) is 6.35. The molecule has 4 rings (SSSR count). The summed E-state index contributed by atoms with van der Waals surface area (Å²) in [5.41, 5.74) is 0. The second kappa shape index (κ2) is 17.5. The molecule has 0 spiro atoms. The minimum absolute atomic E-state index is 0.147. The molecule has 4 fully saturated rings. The number of ether oxygens (including phenoxy) is 8. The second-order valence-corrected chi connectivity index (χ2v) is 13.1. The number of aliphatic hydroxyl groups is 9. The maximum atomic E-state index is 12.5. The van der Waals surface area contributed by atoms with Crippen molar-refractivity contribution in [2.75, 3.05) is 19.8 Å². The lowest BCUT2D eigenvalue weighted by Gasteiger charge is -2.50. The van der Waals surface area contributed by atoms with E-state index in [-0.39, 0.29) is 6.61 Å². The fraction of sp³-hybridized carbons (Fsp3) is 0.967. The van der Waals surface area contributed by atoms with Gasteiger partial charge in [-0.3, -0.25) is 4.79 Å². The largest absolute Gasteiger partial charge is 0.394 e. The Bertz CT molecular complexity index is 1040. The summed E-state index contributed by atoms with van der Waals surface area (Å²) < 4.78 is 47.5. The van der Waals surface area contributed by atoms with Crippen LogP contribution in [0.2, 0.25) is 0 Å². The molecule has 4 aliphatic rings. The predicted molar refractivity (Wildman–Crippen MR) is 160 cm³/mol. The van der Waals surface area contributed by atoms with Gasteiger partial charge in [0.15, 0.2) is 25.2 Å². The van der Waals surface area contributed by atoms with Crippen LogP contribution >= 0.6 is 0 Å². The van der Waals surface area contributed by atoms with Crippen LogP contribution in [0.3, 0.4) is 0 Å². The smallest absolute Gasteiger partial charge is 0.217 e. The molecule has 10 N–H and O–H groups in total. The van der Waals surface area contributed by atoms with Crippen molar-refractivity contribution < 1.29 is 88.6 Å². The number of carbonyl (C=O) groups is 1. The molecule has 0 radical (unpaired) electrons. The van der Waals surface area contributed by atoms with Crippen LogP contribution in [0.4, 0.5) is 0 Å². The first-order valence-corrected chi connectivity index (χ1v) is 16.6. The lowest BCUT2D eigenvalue weighted by molar-refractivity contribution is -0.387. The van der Waals surface area contributed by atoms with Gasteiger partial charge in [-0.1, -0.05) is 13.8 Å². The Morgan fingerprint density at radius 3 is 1.78 bits per heavy atom. The van der Waals surface area contributed by atoms with E-state index in [0.717, 1.165) is 0 Å². The number of hydrogen-bond donors (Lipinski definition) is 10. The third-order valence-electron chi connectivity index (χ3n) is 9.34. The summed E-state index contributed by atoms with van der Waals surface area (Å²) in [7, 11) is 0. The number of amides is 1. The predicted octanol–water partition coefficient (Wildman–Crippen LogP) is -4.84. The van der Waals surface area contributed by atoms with Crippen molar-refractivity contribution in [1.82, 2.24) is 5.32 Å². The van der Waals surface area contributed by atoms with Crippen LogP contribution in [0.15, 0.2) is 0 Å². The van der Waals surface area contributed by atoms with Crippen molar-refractivity contribution in [3.63, 3.8) is 0 Å². The first-order valence-electron chi connectivity index (χ1n) is 16.6. The number of aliphatic hydroxyl groups excluding tert-OH is 9. The SMILES string of the molecule is CCCO[C@@H]1OC(C)[C@H](O)[C@H](O[C@H]2O[C@@H](CO)[C@@H](O)C(O)C2O)C1O[C@@H]1OC(CO)[C@@H](O)C(O[C@@H]2OC(C)[C@H](O)[C@H](O)C2C)[C@@H]1NC(C)=O. The van der Waals surface area contributed by atoms with E-state index < -0.39 is 142 Å². The van der Waals surface area contributed by atoms with Gasteiger partial charge < -0.3 is 89.2 Å². The van der Waals surface area contributed by atoms with Gasteiger partial charge in [0.05, 0.1) is 31.5 Å². The van der Waals surface area contributed by atoms with Crippen molar-refractivity contribution in [1.29, 1.82) is 0 Å². The topological polar surface area (TPSA) is 285 Å². The van der Waals surface area contributed by atoms with Gasteiger partial charge in [-0.2, -0.15) is 0 Å². The van der Waals surface area contributed by atoms with Crippen LogP contribution in [0.1, 0.15) is 41.0 Å². The molecule has 0 aromatic heterocycles. The standard InChI is InChI=1S/C30H53NO18/c1-6-7-42-30-26(25(19(37)12(4)44-30)48-29-23(41)22(40)20(38)14(8-32)46-29)49-28-16(31-13(5)34)24(21(39)15(9-33)45-28)47-27-10(2)17(35)18(36)11(3)43-27/h10-12,14-30,32-33,35-41H,6-9H2,1-5H3,(H,31,34)/t10?,11?,12?,14-,15?,16-,17+,18-,19-,20+,21+,22?,23?,24?,25-,26?,27-,28-,29+,30+/m0/s1. The first-order chi connectivity index (χ1) is 23.1. The zero-order chi connectivity index (χ0) is 36.3. The van der Waals surface area contributed by atoms with Crippen molar-refractivity contribution in [2.24, 2.45) is 5.92 Å². The molecule has 20 atom stereocenters. The molecule has 0 saturated carbocycles. The van der Waals surface area contributed by atoms with E-state index in [4.69, 9.17) is 37.9 Å². The summed E-state index contributed by atoms with van der Waals surface area (Å²) in [6.07, 6.45) is -25.0. The quantitative estimate of drug-likeness (QED) is 0.0907. The highest BCUT2D eigenvalue weighted by molar-refractivity contribution is 5.73. The van der Waals surface area contributed by atoms with E-state index in [2.05, 4.69) is 5.32 Å². The molecule has 19 nitrogen and oxygen atoms in total. The Morgan fingerprint density at radius 2 is 1.16 bits per heavy atom. The van der Waals surface area contributed by atoms with Crippen molar-refractivity contribution in [3.05, 3.63) is 0 Å². The van der Waals surface area contributed by atoms with Crippen LogP contribution in [0.25, 0.3) is 0 Å². The average molecular weight is 716 g/mol. The molecule has 4 heterocycles. The minimum Gasteiger partial charge on any atom is -0.394 e. The Balaban J connectivity index is 1.68. The second-order valence-electron chi connectivity index (χ2n) is 13.1. The van der Waals surface area contributed by atoms with Gasteiger partial charge in [0.25, 0.3) is 0 Å². The maximum Gasteiger partial charge on any atom is 0.217 e. The molecule has 8 unspecified atom stereocenters. The van der Waals surface area contributed by atoms with Gasteiger partial charge in [0.1, 0.15) is 73.2 Å². The number of rotatable bonds is 12. The normalized spacial score (nSPS) is 49.4. The molecule has 0 aromatic rings. The van der Waals surface area contributed by atoms with Gasteiger partial charge in [-0.15, -0.1) is 0 Å². The summed E-state index contributed by atoms with van der Waals surface area (Å²) in [6.45, 7) is 6.28. The lowest BCUT2D eigenvalue weighted by atomic mass is 9.91. The van der Waals surface area contributed by atoms with Gasteiger partial charge in [0, 0.05) is 19.4 Å². The molecule has 4 saturated heterocycles. The van der Waals surface area contributed by atoms with Gasteiger partial charge in [-0.05, 0) is 20.3 Å². The monoisotopic (exact) mass is 715 g/mol. The summed E-state index contributed by atoms with van der Waals surface area (Å²) in [5, 5.41) is 97.2. The minimum atomic E-state index is -1.84. The van der Waals surface area contributed by atoms with Gasteiger partial charge >= 0.3 is 0 Å². The third-order valence-corrected chi connectivity index (χ3v) is 9.34. The highest BCUT2D eigenvalue weighted by Crippen LogP contribution is 2.36. The first kappa shape index (κ1) is 40.6. The van der Waals surface area contributed by atoms with Crippen LogP contribution in [0.5, 0.6) is 0 Å². The van der Waals surface area contributed by atoms with Gasteiger partial charge in [0.2, 0.25) is 5.91 Å². The summed E-state index contributed by atoms with van der Waals surface area (Å²) in [6, 6.07) is -1.35. The maximum absolute atomic E-state index is 12.5. The Morgan fingerprint density at radius 1 is 0.612 bits per heavy atom. The molecule has 19 heteroatoms. The van der Waals surface area contributed by atoms with E-state index in [0.29, 0.717) is 6.42 Å². The summed E-state index contributed by atoms with van der Waals surface area (Å²) >= 11 is 0. The molecule has 0 bridgehead atoms. The summed E-state index contributed by atoms with van der Waals surface area (Å²) in [4.78, 5) is 12.5. The Kier molecular flexibility index (Phi) is 14.5. The van der Waals surface area contributed by atoms with E-state index in [1.807, 2.05) is 6.92 Å². The zero-order valence-electron chi connectivity index (χ0n) is 28.1. The van der Waals surface area contributed by atoms with E-state index in [9.17, 15) is 50.8 Å².